The molecule has 21 heavy (non-hydrogen) atoms. The molecular weight excluding hydrogens is 268 g/mol. The van der Waals surface area contributed by atoms with Crippen molar-refractivity contribution >= 4 is 10.9 Å². The number of fused-ring (bicyclic) bond motifs is 1. The van der Waals surface area contributed by atoms with Gasteiger partial charge < -0.3 is 10.1 Å². The summed E-state index contributed by atoms with van der Waals surface area (Å²) >= 11 is 0. The van der Waals surface area contributed by atoms with E-state index in [1.165, 1.54) is 4.57 Å². The minimum Gasteiger partial charge on any atom is -0.392 e. The summed E-state index contributed by atoms with van der Waals surface area (Å²) in [6.45, 7) is 0.0950. The Balaban J connectivity index is 2.16. The van der Waals surface area contributed by atoms with Gasteiger partial charge in [-0.1, -0.05) is 36.4 Å². The van der Waals surface area contributed by atoms with E-state index in [1.54, 1.807) is 18.2 Å². The fourth-order valence-electron chi connectivity index (χ4n) is 2.31. The van der Waals surface area contributed by atoms with Gasteiger partial charge >= 0.3 is 5.69 Å². The Morgan fingerprint density at radius 3 is 2.48 bits per heavy atom. The van der Waals surface area contributed by atoms with Crippen molar-refractivity contribution in [3.8, 4) is 0 Å². The first kappa shape index (κ1) is 13.3. The monoisotopic (exact) mass is 282 g/mol. The lowest BCUT2D eigenvalue weighted by Crippen LogP contribution is -2.35. The smallest absolute Gasteiger partial charge is 0.329 e. The number of aliphatic hydroxyl groups excluding tert-OH is 1. The van der Waals surface area contributed by atoms with E-state index in [9.17, 15) is 9.59 Å². The third-order valence-corrected chi connectivity index (χ3v) is 3.41. The van der Waals surface area contributed by atoms with Crippen molar-refractivity contribution in [1.29, 1.82) is 0 Å². The first-order valence-electron chi connectivity index (χ1n) is 6.59. The molecule has 3 aromatic rings. The summed E-state index contributed by atoms with van der Waals surface area (Å²) in [6, 6.07) is 14.3. The van der Waals surface area contributed by atoms with Gasteiger partial charge in [-0.15, -0.1) is 0 Å². The van der Waals surface area contributed by atoms with Crippen LogP contribution in [-0.2, 0) is 13.2 Å². The first-order valence-corrected chi connectivity index (χ1v) is 6.59. The minimum absolute atomic E-state index is 0.134. The lowest BCUT2D eigenvalue weighted by molar-refractivity contribution is 0.282. The zero-order chi connectivity index (χ0) is 14.8. The first-order chi connectivity index (χ1) is 10.2. The van der Waals surface area contributed by atoms with Crippen molar-refractivity contribution in [2.24, 2.45) is 0 Å². The Labute approximate surface area is 120 Å². The number of nitrogens with zero attached hydrogens (tertiary/aromatic N) is 1. The van der Waals surface area contributed by atoms with Crippen LogP contribution in [0, 0.1) is 0 Å². The van der Waals surface area contributed by atoms with Gasteiger partial charge in [0.25, 0.3) is 5.56 Å². The predicted octanol–water partition coefficient (Wildman–Crippen LogP) is 1.23. The molecule has 5 heteroatoms. The van der Waals surface area contributed by atoms with E-state index >= 15 is 0 Å². The molecular formula is C16H14N2O3. The van der Waals surface area contributed by atoms with E-state index in [1.807, 2.05) is 30.3 Å². The quantitative estimate of drug-likeness (QED) is 0.758. The molecule has 0 bridgehead atoms. The summed E-state index contributed by atoms with van der Waals surface area (Å²) < 4.78 is 1.18. The third kappa shape index (κ3) is 2.51. The molecule has 0 saturated carbocycles. The van der Waals surface area contributed by atoms with Crippen molar-refractivity contribution in [1.82, 2.24) is 9.55 Å². The summed E-state index contributed by atoms with van der Waals surface area (Å²) in [5, 5.41) is 9.54. The van der Waals surface area contributed by atoms with Crippen LogP contribution in [-0.4, -0.2) is 14.7 Å². The molecule has 0 aliphatic carbocycles. The SMILES string of the molecule is O=c1[nH]c2cc(CO)ccc2c(=O)n1Cc1ccccc1. The molecule has 0 spiro atoms. The molecule has 1 heterocycles. The van der Waals surface area contributed by atoms with Crippen LogP contribution >= 0.6 is 0 Å². The fraction of sp³-hybridized carbons (Fsp3) is 0.125. The van der Waals surface area contributed by atoms with Gasteiger partial charge in [0, 0.05) is 0 Å². The maximum atomic E-state index is 12.4. The Morgan fingerprint density at radius 2 is 1.76 bits per heavy atom. The van der Waals surface area contributed by atoms with Crippen LogP contribution in [0.3, 0.4) is 0 Å². The Morgan fingerprint density at radius 1 is 1.00 bits per heavy atom. The van der Waals surface area contributed by atoms with Gasteiger partial charge in [-0.3, -0.25) is 9.36 Å². The number of hydrogen-bond donors (Lipinski definition) is 2. The lowest BCUT2D eigenvalue weighted by Gasteiger charge is -2.07. The van der Waals surface area contributed by atoms with Crippen molar-refractivity contribution in [2.75, 3.05) is 0 Å². The highest BCUT2D eigenvalue weighted by Crippen LogP contribution is 2.09. The van der Waals surface area contributed by atoms with Gasteiger partial charge in [0.05, 0.1) is 24.1 Å². The van der Waals surface area contributed by atoms with Crippen LogP contribution in [0.1, 0.15) is 11.1 Å². The Hall–Kier alpha value is -2.66. The van der Waals surface area contributed by atoms with E-state index in [0.717, 1.165) is 5.56 Å². The average Bonchev–Trinajstić information content (AvgIpc) is 2.52. The van der Waals surface area contributed by atoms with E-state index < -0.39 is 5.69 Å². The van der Waals surface area contributed by atoms with Crippen molar-refractivity contribution in [3.63, 3.8) is 0 Å². The number of aromatic amines is 1. The number of nitrogens with one attached hydrogen (secondary N) is 1. The summed E-state index contributed by atoms with van der Waals surface area (Å²) in [4.78, 5) is 27.2. The van der Waals surface area contributed by atoms with Crippen LogP contribution in [0.15, 0.2) is 58.1 Å². The molecule has 0 amide bonds. The summed E-state index contributed by atoms with van der Waals surface area (Å²) in [5.74, 6) is 0. The zero-order valence-corrected chi connectivity index (χ0v) is 11.2. The van der Waals surface area contributed by atoms with Crippen molar-refractivity contribution in [2.45, 2.75) is 13.2 Å². The maximum absolute atomic E-state index is 12.4. The number of benzene rings is 2. The van der Waals surface area contributed by atoms with Crippen LogP contribution < -0.4 is 11.2 Å². The van der Waals surface area contributed by atoms with E-state index in [4.69, 9.17) is 5.11 Å². The van der Waals surface area contributed by atoms with Gasteiger partial charge in [0.15, 0.2) is 0 Å². The number of aromatic nitrogens is 2. The molecule has 3 rings (SSSR count). The van der Waals surface area contributed by atoms with Crippen LogP contribution in [0.2, 0.25) is 0 Å². The molecule has 0 unspecified atom stereocenters. The zero-order valence-electron chi connectivity index (χ0n) is 11.2. The van der Waals surface area contributed by atoms with Gasteiger partial charge in [0.2, 0.25) is 0 Å². The third-order valence-electron chi connectivity index (χ3n) is 3.41. The van der Waals surface area contributed by atoms with Crippen molar-refractivity contribution < 1.29 is 5.11 Å². The molecule has 5 nitrogen and oxygen atoms in total. The average molecular weight is 282 g/mol. The van der Waals surface area contributed by atoms with Gasteiger partial charge in [-0.25, -0.2) is 4.79 Å². The topological polar surface area (TPSA) is 75.1 Å². The van der Waals surface area contributed by atoms with Gasteiger partial charge in [-0.2, -0.15) is 0 Å². The standard InChI is InChI=1S/C16H14N2O3/c19-10-12-6-7-13-14(8-12)17-16(21)18(15(13)20)9-11-4-2-1-3-5-11/h1-8,19H,9-10H2,(H,17,21). The summed E-state index contributed by atoms with van der Waals surface area (Å²) in [7, 11) is 0. The highest BCUT2D eigenvalue weighted by Gasteiger charge is 2.08. The second-order valence-corrected chi connectivity index (χ2v) is 4.85. The number of rotatable bonds is 3. The Kier molecular flexibility index (Phi) is 3.41. The van der Waals surface area contributed by atoms with Crippen LogP contribution in [0.25, 0.3) is 10.9 Å². The van der Waals surface area contributed by atoms with Gasteiger partial charge in [0.1, 0.15) is 0 Å². The van der Waals surface area contributed by atoms with E-state index in [-0.39, 0.29) is 18.7 Å². The maximum Gasteiger partial charge on any atom is 0.329 e. The second kappa shape index (κ2) is 5.38. The van der Waals surface area contributed by atoms with Gasteiger partial charge in [-0.05, 0) is 23.3 Å². The molecule has 106 valence electrons. The molecule has 0 atom stereocenters. The van der Waals surface area contributed by atoms with Crippen molar-refractivity contribution in [3.05, 3.63) is 80.5 Å². The summed E-state index contributed by atoms with van der Waals surface area (Å²) in [5.41, 5.74) is 1.20. The second-order valence-electron chi connectivity index (χ2n) is 4.85. The molecule has 1 aromatic heterocycles. The number of H-pyrrole nitrogens is 1. The molecule has 2 aromatic carbocycles. The van der Waals surface area contributed by atoms with Crippen LogP contribution in [0.5, 0.6) is 0 Å². The molecule has 0 radical (unpaired) electrons. The van der Waals surface area contributed by atoms with E-state index in [2.05, 4.69) is 4.98 Å². The molecule has 0 aliphatic rings. The molecule has 0 aliphatic heterocycles. The van der Waals surface area contributed by atoms with E-state index in [0.29, 0.717) is 16.5 Å². The lowest BCUT2D eigenvalue weighted by atomic mass is 10.1. The predicted molar refractivity (Wildman–Crippen MR) is 80.3 cm³/mol. The largest absolute Gasteiger partial charge is 0.392 e. The normalized spacial score (nSPS) is 10.9. The summed E-state index contributed by atoms with van der Waals surface area (Å²) in [6.07, 6.45) is 0. The number of hydrogen-bond acceptors (Lipinski definition) is 3. The van der Waals surface area contributed by atoms with Crippen LogP contribution in [0.4, 0.5) is 0 Å². The number of aliphatic hydroxyl groups is 1. The fourth-order valence-corrected chi connectivity index (χ4v) is 2.31. The Bertz CT molecular complexity index is 895. The minimum atomic E-state index is -0.452. The highest BCUT2D eigenvalue weighted by atomic mass is 16.3. The molecule has 2 N–H and O–H groups in total. The highest BCUT2D eigenvalue weighted by molar-refractivity contribution is 5.77. The molecule has 0 fully saturated rings. The molecule has 0 saturated heterocycles.